The van der Waals surface area contributed by atoms with Gasteiger partial charge in [0.2, 0.25) is 0 Å². The number of rotatable bonds is 10. The molecule has 6 nitrogen and oxygen atoms in total. The molecule has 0 bridgehead atoms. The summed E-state index contributed by atoms with van der Waals surface area (Å²) in [6, 6.07) is -1.17. The Morgan fingerprint density at radius 2 is 1.55 bits per heavy atom. The highest BCUT2D eigenvalue weighted by Gasteiger charge is 2.40. The van der Waals surface area contributed by atoms with Gasteiger partial charge in [0.1, 0.15) is 6.04 Å². The van der Waals surface area contributed by atoms with E-state index < -0.39 is 22.2 Å². The van der Waals surface area contributed by atoms with Crippen LogP contribution in [0.4, 0.5) is 0 Å². The van der Waals surface area contributed by atoms with Crippen LogP contribution in [0.2, 0.25) is 0 Å². The van der Waals surface area contributed by atoms with Crippen molar-refractivity contribution in [1.82, 2.24) is 8.61 Å². The second kappa shape index (κ2) is 9.07. The van der Waals surface area contributed by atoms with E-state index in [1.807, 2.05) is 0 Å². The lowest BCUT2D eigenvalue weighted by Gasteiger charge is -2.36. The maximum Gasteiger partial charge on any atom is 0.324 e. The zero-order chi connectivity index (χ0) is 17.5. The average molecular weight is 332 g/mol. The molecule has 0 N–H and O–H groups in total. The Bertz CT molecular complexity index is 486. The summed E-state index contributed by atoms with van der Waals surface area (Å²) in [6.45, 7) is 14.5. The van der Waals surface area contributed by atoms with Gasteiger partial charge in [0.15, 0.2) is 0 Å². The Hall–Kier alpha value is -1.18. The van der Waals surface area contributed by atoms with Crippen LogP contribution >= 0.6 is 0 Å². The third-order valence-corrected chi connectivity index (χ3v) is 5.30. The first-order valence-corrected chi connectivity index (χ1v) is 8.63. The first kappa shape index (κ1) is 20.8. The van der Waals surface area contributed by atoms with Crippen molar-refractivity contribution in [3.63, 3.8) is 0 Å². The van der Waals surface area contributed by atoms with Crippen molar-refractivity contribution < 1.29 is 17.9 Å². The molecule has 0 aromatic rings. The molecular formula is C15H28N2O4S. The topological polar surface area (TPSA) is 66.9 Å². The molecule has 128 valence electrons. The van der Waals surface area contributed by atoms with Crippen LogP contribution in [0.1, 0.15) is 27.7 Å². The van der Waals surface area contributed by atoms with Gasteiger partial charge in [0.05, 0.1) is 7.11 Å². The van der Waals surface area contributed by atoms with E-state index in [1.165, 1.54) is 23.6 Å². The molecule has 0 aromatic heterocycles. The van der Waals surface area contributed by atoms with E-state index >= 15 is 0 Å². The summed E-state index contributed by atoms with van der Waals surface area (Å²) in [4.78, 5) is 12.1. The van der Waals surface area contributed by atoms with Gasteiger partial charge in [0.25, 0.3) is 10.2 Å². The van der Waals surface area contributed by atoms with Crippen LogP contribution in [0.5, 0.6) is 0 Å². The Morgan fingerprint density at radius 3 is 1.86 bits per heavy atom. The van der Waals surface area contributed by atoms with E-state index in [4.69, 9.17) is 4.74 Å². The zero-order valence-corrected chi connectivity index (χ0v) is 15.0. The summed E-state index contributed by atoms with van der Waals surface area (Å²) < 4.78 is 33.1. The highest BCUT2D eigenvalue weighted by Crippen LogP contribution is 2.21. The quantitative estimate of drug-likeness (QED) is 0.452. The number of ether oxygens (including phenoxy) is 1. The summed E-state index contributed by atoms with van der Waals surface area (Å²) >= 11 is 0. The van der Waals surface area contributed by atoms with Gasteiger partial charge in [-0.2, -0.15) is 17.0 Å². The predicted molar refractivity (Wildman–Crippen MR) is 88.5 cm³/mol. The van der Waals surface area contributed by atoms with Crippen molar-refractivity contribution in [2.45, 2.75) is 39.8 Å². The fourth-order valence-electron chi connectivity index (χ4n) is 2.15. The maximum atomic E-state index is 13.0. The number of hydrogen-bond acceptors (Lipinski definition) is 4. The summed E-state index contributed by atoms with van der Waals surface area (Å²) in [7, 11) is -2.61. The monoisotopic (exact) mass is 332 g/mol. The predicted octanol–water partition coefficient (Wildman–Crippen LogP) is 1.81. The molecule has 1 unspecified atom stereocenters. The Kier molecular flexibility index (Phi) is 8.58. The third kappa shape index (κ3) is 4.93. The SMILES string of the molecule is C=CCN(C(C)C)S(=O)(=O)N(CC=C)C(C(=O)OC)C(C)C. The lowest BCUT2D eigenvalue weighted by Crippen LogP contribution is -2.55. The molecule has 1 atom stereocenters. The van der Waals surface area contributed by atoms with Crippen LogP contribution in [0.3, 0.4) is 0 Å². The Labute approximate surface area is 134 Å². The van der Waals surface area contributed by atoms with E-state index in [1.54, 1.807) is 27.7 Å². The minimum absolute atomic E-state index is 0.0284. The van der Waals surface area contributed by atoms with E-state index in [0.29, 0.717) is 0 Å². The summed E-state index contributed by atoms with van der Waals surface area (Å²) in [5, 5.41) is 0. The van der Waals surface area contributed by atoms with Crippen LogP contribution in [-0.4, -0.2) is 55.3 Å². The standard InChI is InChI=1S/C15H28N2O4S/c1-8-10-16(13(5)6)22(19,20)17(11-9-2)14(12(3)4)15(18)21-7/h8-9,12-14H,1-2,10-11H2,3-7H3. The highest BCUT2D eigenvalue weighted by molar-refractivity contribution is 7.86. The smallest absolute Gasteiger partial charge is 0.324 e. The van der Waals surface area contributed by atoms with Gasteiger partial charge in [-0.05, 0) is 19.8 Å². The molecule has 0 radical (unpaired) electrons. The number of esters is 1. The van der Waals surface area contributed by atoms with Crippen molar-refractivity contribution in [3.05, 3.63) is 25.3 Å². The van der Waals surface area contributed by atoms with Gasteiger partial charge in [-0.1, -0.05) is 26.0 Å². The first-order chi connectivity index (χ1) is 10.1. The van der Waals surface area contributed by atoms with Crippen LogP contribution in [0.25, 0.3) is 0 Å². The molecule has 7 heteroatoms. The fourth-order valence-corrected chi connectivity index (χ4v) is 4.16. The fraction of sp³-hybridized carbons (Fsp3) is 0.667. The number of nitrogens with zero attached hydrogens (tertiary/aromatic N) is 2. The highest BCUT2D eigenvalue weighted by atomic mass is 32.2. The molecule has 0 saturated carbocycles. The van der Waals surface area contributed by atoms with Gasteiger partial charge in [0, 0.05) is 19.1 Å². The van der Waals surface area contributed by atoms with Gasteiger partial charge < -0.3 is 4.74 Å². The van der Waals surface area contributed by atoms with Crippen molar-refractivity contribution in [2.24, 2.45) is 5.92 Å². The molecule has 22 heavy (non-hydrogen) atoms. The van der Waals surface area contributed by atoms with Crippen molar-refractivity contribution in [3.8, 4) is 0 Å². The second-order valence-corrected chi connectivity index (χ2v) is 7.36. The number of methoxy groups -OCH3 is 1. The van der Waals surface area contributed by atoms with Gasteiger partial charge in [-0.15, -0.1) is 13.2 Å². The van der Waals surface area contributed by atoms with Crippen LogP contribution in [-0.2, 0) is 19.7 Å². The third-order valence-electron chi connectivity index (χ3n) is 3.17. The Morgan fingerprint density at radius 1 is 1.09 bits per heavy atom. The van der Waals surface area contributed by atoms with Crippen molar-refractivity contribution in [2.75, 3.05) is 20.2 Å². The molecule has 0 spiro atoms. The number of carbonyl (C=O) groups is 1. The molecular weight excluding hydrogens is 304 g/mol. The largest absolute Gasteiger partial charge is 0.468 e. The molecule has 0 saturated heterocycles. The lowest BCUT2D eigenvalue weighted by atomic mass is 10.0. The van der Waals surface area contributed by atoms with Crippen molar-refractivity contribution in [1.29, 1.82) is 0 Å². The first-order valence-electron chi connectivity index (χ1n) is 7.23. The van der Waals surface area contributed by atoms with Crippen LogP contribution in [0.15, 0.2) is 25.3 Å². The maximum absolute atomic E-state index is 13.0. The number of carbonyl (C=O) groups excluding carboxylic acids is 1. The van der Waals surface area contributed by atoms with E-state index in [-0.39, 0.29) is 25.0 Å². The summed E-state index contributed by atoms with van der Waals surface area (Å²) in [5.41, 5.74) is 0. The van der Waals surface area contributed by atoms with E-state index in [0.717, 1.165) is 4.31 Å². The average Bonchev–Trinajstić information content (AvgIpc) is 2.42. The second-order valence-electron chi connectivity index (χ2n) is 5.53. The molecule has 0 rings (SSSR count). The molecule has 0 aliphatic rings. The van der Waals surface area contributed by atoms with E-state index in [2.05, 4.69) is 13.2 Å². The summed E-state index contributed by atoms with van der Waals surface area (Å²) in [5.74, 6) is -0.817. The van der Waals surface area contributed by atoms with Crippen LogP contribution < -0.4 is 0 Å². The molecule has 0 heterocycles. The molecule has 0 aliphatic heterocycles. The number of hydrogen-bond donors (Lipinski definition) is 0. The molecule has 0 amide bonds. The normalized spacial score (nSPS) is 13.7. The minimum Gasteiger partial charge on any atom is -0.468 e. The lowest BCUT2D eigenvalue weighted by molar-refractivity contribution is -0.146. The van der Waals surface area contributed by atoms with Gasteiger partial charge in [-0.3, -0.25) is 4.79 Å². The molecule has 0 aromatic carbocycles. The molecule has 0 fully saturated rings. The zero-order valence-electron chi connectivity index (χ0n) is 14.2. The Balaban J connectivity index is 5.93. The minimum atomic E-state index is -3.86. The van der Waals surface area contributed by atoms with Gasteiger partial charge in [-0.25, -0.2) is 0 Å². The van der Waals surface area contributed by atoms with Crippen LogP contribution in [0, 0.1) is 5.92 Å². The summed E-state index contributed by atoms with van der Waals surface area (Å²) in [6.07, 6.45) is 2.98. The molecule has 0 aliphatic carbocycles. The van der Waals surface area contributed by atoms with E-state index in [9.17, 15) is 13.2 Å². The van der Waals surface area contributed by atoms with Gasteiger partial charge >= 0.3 is 5.97 Å². The van der Waals surface area contributed by atoms with Crippen molar-refractivity contribution >= 4 is 16.2 Å².